The van der Waals surface area contributed by atoms with E-state index in [4.69, 9.17) is 92.4 Å². The van der Waals surface area contributed by atoms with Gasteiger partial charge in [0.15, 0.2) is 49.8 Å². The first-order valence-corrected chi connectivity index (χ1v) is 52.0. The molecule has 8 aliphatic rings. The average molecular weight is 2360 g/mol. The molecule has 7 aromatic heterocycles. The van der Waals surface area contributed by atoms with Crippen molar-refractivity contribution in [3.63, 3.8) is 0 Å². The van der Waals surface area contributed by atoms with E-state index in [1.54, 1.807) is 200 Å². The molecule has 15 aromatic rings. The van der Waals surface area contributed by atoms with E-state index in [1.807, 2.05) is 78.9 Å². The summed E-state index contributed by atoms with van der Waals surface area (Å²) in [4.78, 5) is 66.3. The standard InChI is InChI=1S/C28H20BrClN2O5S.C27H20BrClN2O5S.C24H19BrClNO5.C23H17BrClNO5.C5H5NOS/c29-18-11-9-17(10-12-18)28-23(16-6-2-1-3-7-16)22(26(34)37-32-13-5-4-8-21(32)38)25(33)27(28,35)24-20(36-28)14-19(30)15-31-24;28-18-11-9-17(10-12-18)27-22(16-6-2-1-3-7-16)23(37(34,35)21-8-4-5-13-30-21)25(32)26(27,33)24-20(36-27)14-19(29)15-31-24;1-31-22(29)18-19(13-5-3-2-4-6-13)24(14-7-9-15(25)10-8-14)23(30,21(18)28)20-17(32-24)11-16(26)12-27-20;24-14-8-6-13(7-9-14)23-18(12-4-2-1-3-5-12)17(21(28)29)20(27)22(23,30)19-16(31-23)10-15(25)11-26-19;7-6-4-2-1-3-5(6)8/h1-15,22-23,25,33,35H;1-15,22-23,25,32-33H;2-12,18-19,21,28,30H,1H3;1-11,17-18,20,27,30H,(H,28,29);1-4,7H/t22-,23-,25-,27+,28+;22-,23-,25-,26+,27+;18-,19-,21-,23+,24+;17-,18-,20-,22+,23+;/m1111./s1. The highest BCUT2D eigenvalue weighted by molar-refractivity contribution is 9.11. The number of esters is 1. The van der Waals surface area contributed by atoms with Crippen LogP contribution in [0.1, 0.15) is 91.0 Å². The van der Waals surface area contributed by atoms with Crippen LogP contribution in [0, 0.1) is 27.0 Å². The number of sulfone groups is 1. The van der Waals surface area contributed by atoms with Gasteiger partial charge in [-0.3, -0.25) is 29.5 Å². The number of pyridine rings is 7. The summed E-state index contributed by atoms with van der Waals surface area (Å²) >= 11 is 48.4. The molecule has 146 heavy (non-hydrogen) atoms. The third-order valence-electron chi connectivity index (χ3n) is 28.1. The second-order valence-electron chi connectivity index (χ2n) is 35.6. The van der Waals surface area contributed by atoms with E-state index in [0.29, 0.717) is 64.2 Å². The maximum atomic E-state index is 14.2. The lowest BCUT2D eigenvalue weighted by Gasteiger charge is -2.40. The van der Waals surface area contributed by atoms with Gasteiger partial charge in [0.05, 0.1) is 50.9 Å². The first kappa shape index (κ1) is 103. The first-order chi connectivity index (χ1) is 69.9. The predicted octanol–water partition coefficient (Wildman–Crippen LogP) is 18.5. The van der Waals surface area contributed by atoms with Gasteiger partial charge in [0, 0.05) is 103 Å². The minimum atomic E-state index is -4.29. The molecule has 4 aliphatic carbocycles. The van der Waals surface area contributed by atoms with Crippen molar-refractivity contribution < 1.29 is 102 Å². The molecule has 8 aromatic carbocycles. The number of rotatable bonds is 14. The number of benzene rings is 8. The highest BCUT2D eigenvalue weighted by Gasteiger charge is 2.83. The van der Waals surface area contributed by atoms with E-state index >= 15 is 0 Å². The number of aliphatic hydroxyl groups is 8. The Hall–Kier alpha value is -11.6. The van der Waals surface area contributed by atoms with Crippen LogP contribution in [0.2, 0.25) is 20.1 Å². The lowest BCUT2D eigenvalue weighted by molar-refractivity contribution is -0.164. The van der Waals surface area contributed by atoms with Crippen molar-refractivity contribution >= 4 is 162 Å². The number of carbonyl (C=O) groups excluding carboxylic acids is 2. The quantitative estimate of drug-likeness (QED) is 0.0275. The molecule has 11 heterocycles. The maximum absolute atomic E-state index is 14.2. The number of aromatic nitrogens is 7. The minimum Gasteiger partial charge on any atom is -0.481 e. The Labute approximate surface area is 897 Å². The van der Waals surface area contributed by atoms with Crippen LogP contribution in [0.4, 0.5) is 0 Å². The van der Waals surface area contributed by atoms with Crippen LogP contribution in [0.15, 0.2) is 364 Å². The molecular formula is C107H81Br4Cl4N7O21S3. The smallest absolute Gasteiger partial charge is 0.339 e. The summed E-state index contributed by atoms with van der Waals surface area (Å²) in [7, 11) is -3.04. The van der Waals surface area contributed by atoms with E-state index < -0.39 is 144 Å². The lowest BCUT2D eigenvalue weighted by atomic mass is 9.71. The lowest BCUT2D eigenvalue weighted by Crippen LogP contribution is -2.52. The fourth-order valence-corrected chi connectivity index (χ4v) is 26.2. The minimum absolute atomic E-state index is 0.0203. The van der Waals surface area contributed by atoms with Gasteiger partial charge in [-0.25, -0.2) is 18.2 Å². The normalized spacial score (nSPS) is 28.0. The molecule has 0 spiro atoms. The number of ether oxygens (including phenoxy) is 5. The van der Waals surface area contributed by atoms with Crippen LogP contribution in [-0.2, 0) is 73.8 Å². The summed E-state index contributed by atoms with van der Waals surface area (Å²) < 4.78 is 65.4. The maximum Gasteiger partial charge on any atom is 0.339 e. The first-order valence-electron chi connectivity index (χ1n) is 44.9. The Morgan fingerprint density at radius 2 is 0.671 bits per heavy atom. The number of carboxylic acid groups (broad SMARTS) is 1. The summed E-state index contributed by atoms with van der Waals surface area (Å²) in [5, 5.41) is 114. The monoisotopic (exact) mass is 2350 g/mol. The Balaban J connectivity index is 0.000000120. The number of aliphatic carboxylic acids is 1. The predicted molar refractivity (Wildman–Crippen MR) is 554 cm³/mol. The number of aliphatic hydroxyl groups excluding tert-OH is 4. The molecule has 0 bridgehead atoms. The summed E-state index contributed by atoms with van der Waals surface area (Å²) in [5.74, 6) is -9.19. The summed E-state index contributed by atoms with van der Waals surface area (Å²) in [6, 6.07) is 85.4. The Kier molecular flexibility index (Phi) is 28.3. The molecule has 0 amide bonds. The largest absolute Gasteiger partial charge is 0.481 e. The Morgan fingerprint density at radius 1 is 0.377 bits per heavy atom. The van der Waals surface area contributed by atoms with Crippen molar-refractivity contribution in [3.8, 4) is 23.0 Å². The van der Waals surface area contributed by atoms with E-state index in [0.717, 1.165) is 27.4 Å². The fourth-order valence-electron chi connectivity index (χ4n) is 22.3. The van der Waals surface area contributed by atoms with Gasteiger partial charge in [0.2, 0.25) is 9.84 Å². The third-order valence-corrected chi connectivity index (χ3v) is 33.7. The number of hydrogen-bond acceptors (Lipinski definition) is 27. The molecule has 0 radical (unpaired) electrons. The van der Waals surface area contributed by atoms with Gasteiger partial charge in [-0.2, -0.15) is 9.46 Å². The number of fused-ring (bicyclic) bond motifs is 12. The fraction of sp³-hybridized carbons (Fsp3) is 0.196. The number of methoxy groups -OCH3 is 1. The third kappa shape index (κ3) is 16.5. The topological polar surface area (TPSA) is 417 Å². The molecule has 10 N–H and O–H groups in total. The van der Waals surface area contributed by atoms with Crippen LogP contribution in [0.25, 0.3) is 0 Å². The highest BCUT2D eigenvalue weighted by atomic mass is 79.9. The van der Waals surface area contributed by atoms with Crippen LogP contribution in [0.5, 0.6) is 23.0 Å². The van der Waals surface area contributed by atoms with Gasteiger partial charge < -0.3 is 79.7 Å². The van der Waals surface area contributed by atoms with Crippen LogP contribution in [-0.4, -0.2) is 149 Å². The van der Waals surface area contributed by atoms with E-state index in [1.165, 1.54) is 68.7 Å². The molecule has 39 heteroatoms. The Bertz CT molecular complexity index is 7780. The molecule has 20 atom stereocenters. The van der Waals surface area contributed by atoms with E-state index in [2.05, 4.69) is 101 Å². The molecule has 0 unspecified atom stereocenters. The van der Waals surface area contributed by atoms with Gasteiger partial charge in [-0.1, -0.05) is 323 Å². The number of hydrogen-bond donors (Lipinski definition) is 10. The van der Waals surface area contributed by atoms with Crippen molar-refractivity contribution in [1.29, 1.82) is 0 Å². The SMILES string of the molecule is COC(=O)[C@H]1[C@@H](O)[C@@]2(O)c3ncc(Cl)cc3O[C@@]2(c2ccc(Br)cc2)[C@@H]1c1ccccc1.O=C(O)[C@H]1[C@@H](O)[C@@]2(O)c3ncc(Cl)cc3O[C@@]2(c2ccc(Br)cc2)[C@@H]1c1ccccc1.O=C(On1ccccc1=S)[C@H]1[C@@H](O)[C@@]2(O)c3ncc(Cl)cc3O[C@@]2(c2ccc(Br)cc2)[C@@H]1c1ccccc1.O=S(=O)(c1ccccn1)[C@H]1[C@@H](O)[C@@]2(O)c3ncc(Cl)cc3O[C@@]2(c2ccc(Br)cc2)[C@@H]1c1ccccc1.On1ccccc1=S. The van der Waals surface area contributed by atoms with Crippen molar-refractivity contribution in [2.75, 3.05) is 7.11 Å². The molecule has 23 rings (SSSR count). The van der Waals surface area contributed by atoms with Gasteiger partial charge >= 0.3 is 17.9 Å². The van der Waals surface area contributed by atoms with Gasteiger partial charge in [0.25, 0.3) is 0 Å². The second kappa shape index (κ2) is 40.1. The molecule has 4 aliphatic heterocycles. The molecule has 0 saturated heterocycles. The zero-order chi connectivity index (χ0) is 103. The summed E-state index contributed by atoms with van der Waals surface area (Å²) in [5.41, 5.74) is -10.2. The second-order valence-corrected chi connectivity index (χ2v) is 43.9. The summed E-state index contributed by atoms with van der Waals surface area (Å²) in [6.07, 6.45) is 3.07. The van der Waals surface area contributed by atoms with Gasteiger partial charge in [-0.15, -0.1) is 0 Å². The van der Waals surface area contributed by atoms with Crippen molar-refractivity contribution in [1.82, 2.24) is 34.4 Å². The Morgan fingerprint density at radius 3 is 0.979 bits per heavy atom. The van der Waals surface area contributed by atoms with Crippen molar-refractivity contribution in [2.24, 2.45) is 17.8 Å². The van der Waals surface area contributed by atoms with E-state index in [-0.39, 0.29) is 60.5 Å². The number of carboxylic acids is 1. The average Bonchev–Trinajstić information content (AvgIpc) is 1.50. The van der Waals surface area contributed by atoms with Crippen molar-refractivity contribution in [3.05, 3.63) is 455 Å². The molecule has 4 fully saturated rings. The number of halogens is 8. The van der Waals surface area contributed by atoms with Crippen LogP contribution >= 0.6 is 135 Å². The number of carbonyl (C=O) groups is 3. The van der Waals surface area contributed by atoms with Gasteiger partial charge in [-0.05, 0) is 129 Å². The molecule has 4 saturated carbocycles. The molecule has 28 nitrogen and oxygen atoms in total. The summed E-state index contributed by atoms with van der Waals surface area (Å²) in [6.45, 7) is 0. The molecule has 744 valence electrons. The zero-order valence-electron chi connectivity index (χ0n) is 75.6. The van der Waals surface area contributed by atoms with Crippen LogP contribution in [0.3, 0.4) is 0 Å². The zero-order valence-corrected chi connectivity index (χ0v) is 87.4. The van der Waals surface area contributed by atoms with Gasteiger partial charge in [0.1, 0.15) is 84.7 Å². The number of nitrogens with zero attached hydrogens (tertiary/aromatic N) is 7. The highest BCUT2D eigenvalue weighted by Crippen LogP contribution is 2.74. The van der Waals surface area contributed by atoms with Crippen molar-refractivity contribution in [2.45, 2.75) is 103 Å². The van der Waals surface area contributed by atoms with E-state index in [9.17, 15) is 68.8 Å². The molecular weight excluding hydrogens is 2280 g/mol. The van der Waals surface area contributed by atoms with Crippen LogP contribution < -0.4 is 23.8 Å².